The average molecular weight is 797 g/mol. The number of benzene rings is 2. The molecule has 0 radical (unpaired) electrons. The van der Waals surface area contributed by atoms with Crippen LogP contribution in [0.4, 0.5) is 0 Å². The smallest absolute Gasteiger partial charge is 0.332 e. The van der Waals surface area contributed by atoms with E-state index in [4.69, 9.17) is 24.1 Å². The highest BCUT2D eigenvalue weighted by atomic mass is 16.5. The number of nitrogens with zero attached hydrogens (tertiary/aromatic N) is 5. The topological polar surface area (TPSA) is 205 Å². The first-order chi connectivity index (χ1) is 26.7. The summed E-state index contributed by atoms with van der Waals surface area (Å²) in [7, 11) is 11.7. The van der Waals surface area contributed by atoms with Crippen molar-refractivity contribution in [3.05, 3.63) is 74.7 Å². The molecule has 15 heteroatoms. The second-order valence-electron chi connectivity index (χ2n) is 14.1. The number of aryl methyl sites for hydroxylation is 1. The van der Waals surface area contributed by atoms with Crippen molar-refractivity contribution >= 4 is 17.1 Å². The van der Waals surface area contributed by atoms with Crippen molar-refractivity contribution < 1.29 is 34.3 Å². The van der Waals surface area contributed by atoms with E-state index in [1.807, 2.05) is 44.2 Å². The zero-order valence-corrected chi connectivity index (χ0v) is 35.6. The first-order valence-electron chi connectivity index (χ1n) is 19.0. The van der Waals surface area contributed by atoms with Gasteiger partial charge in [-0.15, -0.1) is 0 Å². The Bertz CT molecular complexity index is 1990. The number of aliphatic carboxylic acids is 1. The number of rotatable bonds is 18. The van der Waals surface area contributed by atoms with Gasteiger partial charge in [-0.05, 0) is 87.0 Å². The number of imidazole rings is 1. The van der Waals surface area contributed by atoms with Gasteiger partial charge in [-0.2, -0.15) is 5.26 Å². The second-order valence-corrected chi connectivity index (χ2v) is 14.1. The van der Waals surface area contributed by atoms with Crippen LogP contribution in [0.25, 0.3) is 11.2 Å². The van der Waals surface area contributed by atoms with Gasteiger partial charge in [0.1, 0.15) is 5.52 Å². The van der Waals surface area contributed by atoms with Gasteiger partial charge in [0.25, 0.3) is 5.56 Å². The first kappa shape index (κ1) is 49.7. The van der Waals surface area contributed by atoms with Crippen LogP contribution < -0.4 is 30.2 Å². The monoisotopic (exact) mass is 796 g/mol. The fourth-order valence-corrected chi connectivity index (χ4v) is 6.58. The van der Waals surface area contributed by atoms with Gasteiger partial charge in [0.05, 0.1) is 52.2 Å². The Morgan fingerprint density at radius 3 is 1.98 bits per heavy atom. The third-order valence-corrected chi connectivity index (χ3v) is 10.1. The van der Waals surface area contributed by atoms with Crippen LogP contribution in [0.5, 0.6) is 23.0 Å². The Morgan fingerprint density at radius 2 is 1.47 bits per heavy atom. The van der Waals surface area contributed by atoms with Gasteiger partial charge in [-0.25, -0.2) is 9.78 Å². The lowest BCUT2D eigenvalue weighted by molar-refractivity contribution is -0.142. The minimum Gasteiger partial charge on any atom is -0.493 e. The SMILES string of the molecule is CCCC(CCC)C(=O)O.COc1ccc(CCN(C)CCCC(C#N)(c2ccc(OC)c(OC)c2)C(C)C)cc1OC.Cn1c(=O)c2[nH]cnc2n(C)c1=O.O. The summed E-state index contributed by atoms with van der Waals surface area (Å²) in [6, 6.07) is 14.5. The van der Waals surface area contributed by atoms with Crippen LogP contribution in [-0.4, -0.2) is 89.1 Å². The largest absolute Gasteiger partial charge is 0.493 e. The van der Waals surface area contributed by atoms with E-state index in [1.165, 1.54) is 23.5 Å². The highest BCUT2D eigenvalue weighted by Crippen LogP contribution is 2.40. The van der Waals surface area contributed by atoms with Crippen LogP contribution in [0, 0.1) is 23.2 Å². The summed E-state index contributed by atoms with van der Waals surface area (Å²) in [4.78, 5) is 42.2. The van der Waals surface area contributed by atoms with Crippen LogP contribution >= 0.6 is 0 Å². The van der Waals surface area contributed by atoms with Gasteiger partial charge in [0, 0.05) is 20.6 Å². The highest BCUT2D eigenvalue weighted by Gasteiger charge is 2.36. The molecule has 0 amide bonds. The number of ether oxygens (including phenoxy) is 4. The number of hydrogen-bond donors (Lipinski definition) is 2. The number of likely N-dealkylation sites (N-methyl/N-ethyl adjacent to an activating group) is 1. The molecule has 0 aliphatic carbocycles. The van der Waals surface area contributed by atoms with Crippen molar-refractivity contribution in [1.82, 2.24) is 24.0 Å². The molecule has 57 heavy (non-hydrogen) atoms. The van der Waals surface area contributed by atoms with Gasteiger partial charge in [0.2, 0.25) is 0 Å². The van der Waals surface area contributed by atoms with Crippen molar-refractivity contribution in [1.29, 1.82) is 5.26 Å². The van der Waals surface area contributed by atoms with E-state index >= 15 is 0 Å². The number of carboxylic acids is 1. The third-order valence-electron chi connectivity index (χ3n) is 10.1. The average Bonchev–Trinajstić information content (AvgIpc) is 3.70. The summed E-state index contributed by atoms with van der Waals surface area (Å²) < 4.78 is 24.0. The molecule has 0 aliphatic rings. The molecule has 2 heterocycles. The molecule has 4 aromatic rings. The molecule has 0 bridgehead atoms. The summed E-state index contributed by atoms with van der Waals surface area (Å²) in [5, 5.41) is 18.9. The maximum Gasteiger partial charge on any atom is 0.332 e. The Labute approximate surface area is 336 Å². The fourth-order valence-electron chi connectivity index (χ4n) is 6.58. The lowest BCUT2D eigenvalue weighted by Crippen LogP contribution is -2.36. The van der Waals surface area contributed by atoms with E-state index in [2.05, 4.69) is 47.9 Å². The zero-order chi connectivity index (χ0) is 42.0. The maximum absolute atomic E-state index is 11.4. The van der Waals surface area contributed by atoms with Crippen molar-refractivity contribution in [2.75, 3.05) is 48.6 Å². The molecule has 1 atom stereocenters. The minimum atomic E-state index is -0.635. The van der Waals surface area contributed by atoms with E-state index in [0.29, 0.717) is 22.7 Å². The predicted octanol–water partition coefficient (Wildman–Crippen LogP) is 5.52. The Hall–Kier alpha value is -5.33. The number of fused-ring (bicyclic) bond motifs is 1. The Balaban J connectivity index is 0.000000549. The number of aromatic nitrogens is 4. The number of hydrogen-bond acceptors (Lipinski definition) is 10. The molecule has 0 spiro atoms. The summed E-state index contributed by atoms with van der Waals surface area (Å²) in [6.07, 6.45) is 7.59. The summed E-state index contributed by atoms with van der Waals surface area (Å²) >= 11 is 0. The maximum atomic E-state index is 11.4. The normalized spacial score (nSPS) is 11.7. The van der Waals surface area contributed by atoms with Crippen molar-refractivity contribution in [2.24, 2.45) is 25.9 Å². The number of H-pyrrole nitrogens is 1. The summed E-state index contributed by atoms with van der Waals surface area (Å²) in [5.41, 5.74) is 1.62. The zero-order valence-electron chi connectivity index (χ0n) is 35.6. The number of aromatic amines is 1. The van der Waals surface area contributed by atoms with E-state index in [1.54, 1.807) is 35.5 Å². The van der Waals surface area contributed by atoms with Gasteiger partial charge >= 0.3 is 11.7 Å². The minimum absolute atomic E-state index is 0. The van der Waals surface area contributed by atoms with Crippen LogP contribution in [0.1, 0.15) is 77.3 Å². The van der Waals surface area contributed by atoms with Crippen LogP contribution in [0.3, 0.4) is 0 Å². The van der Waals surface area contributed by atoms with E-state index < -0.39 is 11.4 Å². The fraction of sp³-hybridized carbons (Fsp3) is 0.548. The predicted molar refractivity (Wildman–Crippen MR) is 223 cm³/mol. The van der Waals surface area contributed by atoms with Gasteiger partial charge in [-0.1, -0.05) is 52.7 Å². The molecule has 4 N–H and O–H groups in total. The molecule has 2 aromatic carbocycles. The standard InChI is InChI=1S/C27H38N2O4.C8H16O2.C7H8N4O2.H2O/c1-20(2)27(19-28,22-10-12-24(31-5)26(18-22)33-7)14-8-15-29(3)16-13-21-9-11-23(30-4)25(17-21)32-6;1-3-5-7(6-4-2)8(9)10;1-10-5-4(8-3-9-5)6(12)11(2)7(10)13;/h9-12,17-18,20H,8,13-16H2,1-7H3;7H,3-6H2,1-2H3,(H,9,10);3H,1-2H3,(H,8,9);1H2. The molecule has 0 fully saturated rings. The number of nitriles is 1. The molecular weight excluding hydrogens is 732 g/mol. The van der Waals surface area contributed by atoms with Crippen molar-refractivity contribution in [2.45, 2.75) is 78.1 Å². The number of carbonyl (C=O) groups is 1. The van der Waals surface area contributed by atoms with Crippen LogP contribution in [-0.2, 0) is 30.7 Å². The number of methoxy groups -OCH3 is 4. The van der Waals surface area contributed by atoms with Gasteiger partial charge in [-0.3, -0.25) is 18.7 Å². The Morgan fingerprint density at radius 1 is 0.912 bits per heavy atom. The third kappa shape index (κ3) is 13.1. The van der Waals surface area contributed by atoms with Crippen molar-refractivity contribution in [3.8, 4) is 29.1 Å². The molecule has 0 aliphatic heterocycles. The quantitative estimate of drug-likeness (QED) is 0.128. The molecule has 2 aromatic heterocycles. The molecule has 4 rings (SSSR count). The molecular formula is C42H64N6O9. The second kappa shape index (κ2) is 24.3. The van der Waals surface area contributed by atoms with E-state index in [0.717, 1.165) is 79.7 Å². The molecule has 15 nitrogen and oxygen atoms in total. The first-order valence-corrected chi connectivity index (χ1v) is 19.0. The van der Waals surface area contributed by atoms with Crippen LogP contribution in [0.15, 0.2) is 52.3 Å². The molecule has 0 saturated carbocycles. The molecule has 0 saturated heterocycles. The number of nitrogens with one attached hydrogen (secondary N) is 1. The van der Waals surface area contributed by atoms with Crippen molar-refractivity contribution in [3.63, 3.8) is 0 Å². The number of carboxylic acid groups (broad SMARTS) is 1. The van der Waals surface area contributed by atoms with E-state index in [-0.39, 0.29) is 28.6 Å². The van der Waals surface area contributed by atoms with Crippen LogP contribution in [0.2, 0.25) is 0 Å². The highest BCUT2D eigenvalue weighted by molar-refractivity contribution is 5.70. The molecule has 1 unspecified atom stereocenters. The van der Waals surface area contributed by atoms with Gasteiger partial charge < -0.3 is 39.4 Å². The summed E-state index contributed by atoms with van der Waals surface area (Å²) in [5.74, 6) is 2.25. The lowest BCUT2D eigenvalue weighted by Gasteiger charge is -2.32. The van der Waals surface area contributed by atoms with E-state index in [9.17, 15) is 19.6 Å². The summed E-state index contributed by atoms with van der Waals surface area (Å²) in [6.45, 7) is 10.1. The molecule has 316 valence electrons. The lowest BCUT2D eigenvalue weighted by atomic mass is 9.69. The van der Waals surface area contributed by atoms with Gasteiger partial charge in [0.15, 0.2) is 28.6 Å². The Kier molecular flexibility index (Phi) is 21.2.